The van der Waals surface area contributed by atoms with Crippen LogP contribution in [0.5, 0.6) is 11.5 Å². The quantitative estimate of drug-likeness (QED) is 0.164. The summed E-state index contributed by atoms with van der Waals surface area (Å²) in [7, 11) is 0. The first-order valence-electron chi connectivity index (χ1n) is 11.6. The topological polar surface area (TPSA) is 188 Å². The maximum absolute atomic E-state index is 11.5. The number of carbonyl (C=O) groups is 3. The van der Waals surface area contributed by atoms with Gasteiger partial charge in [-0.15, -0.1) is 0 Å². The van der Waals surface area contributed by atoms with E-state index in [0.29, 0.717) is 22.8 Å². The zero-order chi connectivity index (χ0) is 27.5. The van der Waals surface area contributed by atoms with Crippen LogP contribution in [0.4, 0.5) is 0 Å². The first-order chi connectivity index (χ1) is 17.4. The first kappa shape index (κ1) is 33.5. The minimum absolute atomic E-state index is 0. The summed E-state index contributed by atoms with van der Waals surface area (Å²) in [5.74, 6) is -3.41. The van der Waals surface area contributed by atoms with Crippen LogP contribution < -0.4 is 0 Å². The van der Waals surface area contributed by atoms with E-state index in [1.54, 1.807) is 30.9 Å². The predicted molar refractivity (Wildman–Crippen MR) is 131 cm³/mol. The molecule has 0 unspecified atom stereocenters. The van der Waals surface area contributed by atoms with E-state index in [1.807, 2.05) is 0 Å². The van der Waals surface area contributed by atoms with Crippen LogP contribution in [0.25, 0.3) is 0 Å². The van der Waals surface area contributed by atoms with Crippen molar-refractivity contribution in [2.24, 2.45) is 0 Å². The molecule has 13 nitrogen and oxygen atoms in total. The van der Waals surface area contributed by atoms with Crippen LogP contribution in [0.3, 0.4) is 0 Å². The van der Waals surface area contributed by atoms with Gasteiger partial charge in [-0.3, -0.25) is 39.1 Å². The molecule has 2 aromatic heterocycles. The van der Waals surface area contributed by atoms with Crippen molar-refractivity contribution in [2.75, 3.05) is 45.8 Å². The standard InChI is InChI=1S/C24H33N5O8.Gd/c1-16-3-5-20(30)18(25-16)11-28(14-23(34)35)9-7-27(13-22(32)33)8-10-29(15-24(36)37)12-19-21(31)6-4-17(2)26-19;/h3-6,30-31H,7-15H2,1-2H3,(H,32,33)(H,34,35)(H,36,37);/q;+3. The Morgan fingerprint density at radius 2 is 0.947 bits per heavy atom. The number of hydrogen-bond acceptors (Lipinski definition) is 10. The fourth-order valence-corrected chi connectivity index (χ4v) is 3.70. The van der Waals surface area contributed by atoms with Gasteiger partial charge in [-0.1, -0.05) is 0 Å². The summed E-state index contributed by atoms with van der Waals surface area (Å²) in [6.45, 7) is 3.20. The molecule has 2 rings (SSSR count). The summed E-state index contributed by atoms with van der Waals surface area (Å²) in [6.07, 6.45) is 0. The van der Waals surface area contributed by atoms with Gasteiger partial charge in [0.05, 0.1) is 31.0 Å². The molecule has 0 aliphatic rings. The average Bonchev–Trinajstić information content (AvgIpc) is 2.79. The van der Waals surface area contributed by atoms with E-state index in [0.717, 1.165) is 0 Å². The van der Waals surface area contributed by atoms with E-state index in [-0.39, 0.29) is 110 Å². The molecule has 207 valence electrons. The van der Waals surface area contributed by atoms with Crippen LogP contribution in [-0.2, 0) is 27.5 Å². The number of aromatic hydroxyl groups is 2. The second kappa shape index (κ2) is 16.5. The fraction of sp³-hybridized carbons (Fsp3) is 0.458. The van der Waals surface area contributed by atoms with Gasteiger partial charge in [0.25, 0.3) is 0 Å². The molecule has 0 saturated heterocycles. The maximum atomic E-state index is 11.5. The molecule has 5 N–H and O–H groups in total. The second-order valence-corrected chi connectivity index (χ2v) is 8.72. The van der Waals surface area contributed by atoms with Gasteiger partial charge in [-0.25, -0.2) is 0 Å². The van der Waals surface area contributed by atoms with Gasteiger partial charge in [-0.2, -0.15) is 0 Å². The van der Waals surface area contributed by atoms with Crippen molar-refractivity contribution in [2.45, 2.75) is 26.9 Å². The molecule has 14 heteroatoms. The van der Waals surface area contributed by atoms with E-state index < -0.39 is 17.9 Å². The van der Waals surface area contributed by atoms with Crippen LogP contribution in [-0.4, -0.2) is 114 Å². The normalized spacial score (nSPS) is 11.1. The molecule has 0 atom stereocenters. The Kier molecular flexibility index (Phi) is 14.5. The van der Waals surface area contributed by atoms with E-state index in [1.165, 1.54) is 21.9 Å². The van der Waals surface area contributed by atoms with Gasteiger partial charge < -0.3 is 25.5 Å². The number of carboxylic acid groups (broad SMARTS) is 3. The van der Waals surface area contributed by atoms with Crippen LogP contribution >= 0.6 is 0 Å². The summed E-state index contributed by atoms with van der Waals surface area (Å²) in [5, 5.41) is 48.2. The molecular formula is C24H33GdN5O8+3. The Balaban J connectivity index is 0.00000722. The molecule has 38 heavy (non-hydrogen) atoms. The van der Waals surface area contributed by atoms with Crippen molar-refractivity contribution in [1.29, 1.82) is 0 Å². The summed E-state index contributed by atoms with van der Waals surface area (Å²) >= 11 is 0. The number of nitrogens with zero attached hydrogens (tertiary/aromatic N) is 5. The first-order valence-corrected chi connectivity index (χ1v) is 11.6. The van der Waals surface area contributed by atoms with Gasteiger partial charge in [-0.05, 0) is 38.1 Å². The number of hydrogen-bond donors (Lipinski definition) is 5. The molecular weight excluding hydrogens is 644 g/mol. The van der Waals surface area contributed by atoms with Crippen LogP contribution in [0, 0.1) is 53.8 Å². The smallest absolute Gasteiger partial charge is 0.506 e. The fourth-order valence-electron chi connectivity index (χ4n) is 3.70. The van der Waals surface area contributed by atoms with Gasteiger partial charge in [0, 0.05) is 50.7 Å². The molecule has 0 amide bonds. The monoisotopic (exact) mass is 677 g/mol. The zero-order valence-electron chi connectivity index (χ0n) is 21.2. The van der Waals surface area contributed by atoms with E-state index in [2.05, 4.69) is 9.97 Å². The largest absolute Gasteiger partial charge is 3.00 e. The summed E-state index contributed by atoms with van der Waals surface area (Å²) in [4.78, 5) is 47.4. The van der Waals surface area contributed by atoms with Gasteiger partial charge in [0.2, 0.25) is 0 Å². The number of aromatic nitrogens is 2. The van der Waals surface area contributed by atoms with Crippen LogP contribution in [0.1, 0.15) is 22.8 Å². The Morgan fingerprint density at radius 1 is 0.632 bits per heavy atom. The molecule has 0 spiro atoms. The number of aliphatic carboxylic acids is 3. The molecule has 0 aliphatic carbocycles. The van der Waals surface area contributed by atoms with E-state index in [4.69, 9.17) is 0 Å². The van der Waals surface area contributed by atoms with Crippen molar-refractivity contribution in [3.05, 3.63) is 47.0 Å². The average molecular weight is 677 g/mol. The third kappa shape index (κ3) is 12.4. The van der Waals surface area contributed by atoms with Gasteiger partial charge in [0.1, 0.15) is 11.5 Å². The zero-order valence-corrected chi connectivity index (χ0v) is 23.5. The van der Waals surface area contributed by atoms with E-state index in [9.17, 15) is 39.9 Å². The van der Waals surface area contributed by atoms with Crippen molar-refractivity contribution < 1.29 is 79.9 Å². The number of rotatable bonds is 16. The summed E-state index contributed by atoms with van der Waals surface area (Å²) < 4.78 is 0. The Labute approximate surface area is 252 Å². The molecule has 0 aliphatic heterocycles. The Hall–Kier alpha value is -2.49. The van der Waals surface area contributed by atoms with Crippen molar-refractivity contribution in [1.82, 2.24) is 24.7 Å². The molecule has 2 aromatic rings. The Bertz CT molecular complexity index is 1030. The van der Waals surface area contributed by atoms with Crippen LogP contribution in [0.2, 0.25) is 0 Å². The molecule has 0 saturated carbocycles. The molecule has 0 fully saturated rings. The number of aryl methyl sites for hydroxylation is 2. The molecule has 0 aromatic carbocycles. The molecule has 2 heterocycles. The van der Waals surface area contributed by atoms with Crippen molar-refractivity contribution in [3.8, 4) is 11.5 Å². The molecule has 0 bridgehead atoms. The Morgan fingerprint density at radius 3 is 1.29 bits per heavy atom. The number of carboxylic acids is 3. The van der Waals surface area contributed by atoms with Crippen molar-refractivity contribution >= 4 is 17.9 Å². The van der Waals surface area contributed by atoms with Gasteiger partial charge >= 0.3 is 57.8 Å². The summed E-state index contributed by atoms with van der Waals surface area (Å²) in [6, 6.07) is 6.21. The van der Waals surface area contributed by atoms with Crippen LogP contribution in [0.15, 0.2) is 24.3 Å². The molecule has 1 radical (unpaired) electrons. The van der Waals surface area contributed by atoms with Crippen molar-refractivity contribution in [3.63, 3.8) is 0 Å². The number of pyridine rings is 2. The SMILES string of the molecule is Cc1ccc(O)c(CN(CCN(CCN(CC(=O)O)Cc2nc(C)ccc2O)CC(=O)O)CC(=O)O)n1.[Gd+3]. The maximum Gasteiger partial charge on any atom is 3.00 e. The third-order valence-corrected chi connectivity index (χ3v) is 5.47. The minimum atomic E-state index is -1.09. The predicted octanol–water partition coefficient (Wildman–Crippen LogP) is 0.365. The third-order valence-electron chi connectivity index (χ3n) is 5.47. The second-order valence-electron chi connectivity index (χ2n) is 8.72. The minimum Gasteiger partial charge on any atom is -0.506 e. The summed E-state index contributed by atoms with van der Waals surface area (Å²) in [5.41, 5.74) is 1.93. The van der Waals surface area contributed by atoms with E-state index >= 15 is 0 Å². The van der Waals surface area contributed by atoms with Gasteiger partial charge in [0.15, 0.2) is 0 Å².